The Kier molecular flexibility index (Phi) is 3.45. The van der Waals surface area contributed by atoms with Crippen LogP contribution in [0.4, 0.5) is 0 Å². The fourth-order valence-corrected chi connectivity index (χ4v) is 2.79. The fourth-order valence-electron chi connectivity index (χ4n) is 1.77. The molecule has 90 valence electrons. The molecule has 1 heterocycles. The fraction of sp³-hybridized carbons (Fsp3) is 0.308. The quantitative estimate of drug-likeness (QED) is 0.906. The van der Waals surface area contributed by atoms with Gasteiger partial charge in [-0.05, 0) is 22.4 Å². The molecule has 1 unspecified atom stereocenters. The lowest BCUT2D eigenvalue weighted by molar-refractivity contribution is -0.129. The molecule has 1 atom stereocenters. The Morgan fingerprint density at radius 3 is 2.82 bits per heavy atom. The average molecular weight is 248 g/mol. The van der Waals surface area contributed by atoms with Gasteiger partial charge in [-0.25, -0.2) is 0 Å². The van der Waals surface area contributed by atoms with Crippen molar-refractivity contribution in [3.05, 3.63) is 35.2 Å². The van der Waals surface area contributed by atoms with Crippen LogP contribution in [0.1, 0.15) is 18.0 Å². The van der Waals surface area contributed by atoms with Crippen molar-refractivity contribution >= 4 is 27.3 Å². The van der Waals surface area contributed by atoms with Crippen LogP contribution in [-0.2, 0) is 4.79 Å². The van der Waals surface area contributed by atoms with Crippen LogP contribution in [0.3, 0.4) is 0 Å². The number of fused-ring (bicyclic) bond motifs is 1. The standard InChI is InChI=1S/C13H16N2OS/c1-15(2)13(16)7-11(14)10-8-17-12-6-4-3-5-9(10)12/h3-6,8,11H,7,14H2,1-2H3. The summed E-state index contributed by atoms with van der Waals surface area (Å²) in [5, 5.41) is 3.22. The summed E-state index contributed by atoms with van der Waals surface area (Å²) in [6.45, 7) is 0. The zero-order chi connectivity index (χ0) is 12.4. The van der Waals surface area contributed by atoms with Gasteiger partial charge in [-0.3, -0.25) is 4.79 Å². The van der Waals surface area contributed by atoms with Crippen molar-refractivity contribution in [2.75, 3.05) is 14.1 Å². The van der Waals surface area contributed by atoms with Gasteiger partial charge in [0.15, 0.2) is 0 Å². The summed E-state index contributed by atoms with van der Waals surface area (Å²) in [5.74, 6) is 0.0628. The zero-order valence-electron chi connectivity index (χ0n) is 10.0. The summed E-state index contributed by atoms with van der Waals surface area (Å²) in [5.41, 5.74) is 7.17. The third kappa shape index (κ3) is 2.48. The lowest BCUT2D eigenvalue weighted by atomic mass is 10.0. The maximum Gasteiger partial charge on any atom is 0.223 e. The Labute approximate surface area is 105 Å². The molecule has 0 spiro atoms. The van der Waals surface area contributed by atoms with Gasteiger partial charge in [-0.2, -0.15) is 0 Å². The molecule has 0 fully saturated rings. The van der Waals surface area contributed by atoms with Crippen molar-refractivity contribution in [1.29, 1.82) is 0 Å². The summed E-state index contributed by atoms with van der Waals surface area (Å²) in [7, 11) is 3.50. The van der Waals surface area contributed by atoms with Crippen LogP contribution in [0.2, 0.25) is 0 Å². The Bertz CT molecular complexity index is 533. The molecular weight excluding hydrogens is 232 g/mol. The van der Waals surface area contributed by atoms with E-state index in [2.05, 4.69) is 17.5 Å². The maximum absolute atomic E-state index is 11.6. The highest BCUT2D eigenvalue weighted by Gasteiger charge is 2.16. The normalized spacial score (nSPS) is 12.6. The Hall–Kier alpha value is -1.39. The van der Waals surface area contributed by atoms with Crippen LogP contribution in [0.25, 0.3) is 10.1 Å². The van der Waals surface area contributed by atoms with Gasteiger partial charge in [0.2, 0.25) is 5.91 Å². The number of amides is 1. The van der Waals surface area contributed by atoms with E-state index >= 15 is 0 Å². The highest BCUT2D eigenvalue weighted by atomic mass is 32.1. The number of carbonyl (C=O) groups excluding carboxylic acids is 1. The molecule has 3 nitrogen and oxygen atoms in total. The first kappa shape index (κ1) is 12.1. The molecule has 0 aliphatic carbocycles. The number of rotatable bonds is 3. The first-order valence-electron chi connectivity index (χ1n) is 5.51. The van der Waals surface area contributed by atoms with Gasteiger partial charge < -0.3 is 10.6 Å². The second-order valence-corrected chi connectivity index (χ2v) is 5.20. The molecule has 2 N–H and O–H groups in total. The van der Waals surface area contributed by atoms with E-state index in [0.29, 0.717) is 6.42 Å². The molecule has 0 aliphatic rings. The minimum atomic E-state index is -0.221. The van der Waals surface area contributed by atoms with Crippen molar-refractivity contribution < 1.29 is 4.79 Å². The molecule has 1 amide bonds. The number of hydrogen-bond donors (Lipinski definition) is 1. The van der Waals surface area contributed by atoms with E-state index in [1.807, 2.05) is 12.1 Å². The van der Waals surface area contributed by atoms with Gasteiger partial charge in [0.1, 0.15) is 0 Å². The predicted octanol–water partition coefficient (Wildman–Crippen LogP) is 2.38. The van der Waals surface area contributed by atoms with Gasteiger partial charge in [0.25, 0.3) is 0 Å². The summed E-state index contributed by atoms with van der Waals surface area (Å²) in [4.78, 5) is 13.2. The van der Waals surface area contributed by atoms with Crippen molar-refractivity contribution in [2.24, 2.45) is 5.73 Å². The van der Waals surface area contributed by atoms with E-state index in [-0.39, 0.29) is 11.9 Å². The van der Waals surface area contributed by atoms with Crippen molar-refractivity contribution in [1.82, 2.24) is 4.90 Å². The van der Waals surface area contributed by atoms with Crippen molar-refractivity contribution in [3.8, 4) is 0 Å². The molecule has 0 saturated carbocycles. The van der Waals surface area contributed by atoms with E-state index < -0.39 is 0 Å². The minimum Gasteiger partial charge on any atom is -0.349 e. The van der Waals surface area contributed by atoms with E-state index in [0.717, 1.165) is 10.9 Å². The topological polar surface area (TPSA) is 46.3 Å². The van der Waals surface area contributed by atoms with Gasteiger partial charge in [0, 0.05) is 31.3 Å². The lowest BCUT2D eigenvalue weighted by Crippen LogP contribution is -2.26. The third-order valence-corrected chi connectivity index (χ3v) is 3.79. The molecule has 2 rings (SSSR count). The van der Waals surface area contributed by atoms with E-state index in [4.69, 9.17) is 5.73 Å². The van der Waals surface area contributed by atoms with Crippen molar-refractivity contribution in [2.45, 2.75) is 12.5 Å². The van der Waals surface area contributed by atoms with Crippen LogP contribution >= 0.6 is 11.3 Å². The molecule has 1 aromatic heterocycles. The number of carbonyl (C=O) groups is 1. The monoisotopic (exact) mass is 248 g/mol. The highest BCUT2D eigenvalue weighted by molar-refractivity contribution is 7.17. The minimum absolute atomic E-state index is 0.0628. The van der Waals surface area contributed by atoms with E-state index in [1.165, 1.54) is 4.70 Å². The lowest BCUT2D eigenvalue weighted by Gasteiger charge is -2.14. The smallest absolute Gasteiger partial charge is 0.223 e. The number of nitrogens with two attached hydrogens (primary N) is 1. The Balaban J connectivity index is 2.25. The molecule has 0 bridgehead atoms. The third-order valence-electron chi connectivity index (χ3n) is 2.80. The van der Waals surface area contributed by atoms with Gasteiger partial charge in [0.05, 0.1) is 0 Å². The Morgan fingerprint density at radius 1 is 1.41 bits per heavy atom. The average Bonchev–Trinajstić information content (AvgIpc) is 2.72. The maximum atomic E-state index is 11.6. The van der Waals surface area contributed by atoms with Crippen molar-refractivity contribution in [3.63, 3.8) is 0 Å². The van der Waals surface area contributed by atoms with E-state index in [9.17, 15) is 4.79 Å². The van der Waals surface area contributed by atoms with Crippen LogP contribution in [-0.4, -0.2) is 24.9 Å². The molecule has 0 aliphatic heterocycles. The number of hydrogen-bond acceptors (Lipinski definition) is 3. The molecular formula is C13H16N2OS. The van der Waals surface area contributed by atoms with E-state index in [1.54, 1.807) is 30.3 Å². The van der Waals surface area contributed by atoms with Crippen LogP contribution in [0.5, 0.6) is 0 Å². The molecule has 0 radical (unpaired) electrons. The summed E-state index contributed by atoms with van der Waals surface area (Å²) >= 11 is 1.67. The molecule has 17 heavy (non-hydrogen) atoms. The van der Waals surface area contributed by atoms with Gasteiger partial charge in [-0.15, -0.1) is 11.3 Å². The van der Waals surface area contributed by atoms with Gasteiger partial charge in [-0.1, -0.05) is 18.2 Å². The van der Waals surface area contributed by atoms with Crippen LogP contribution in [0, 0.1) is 0 Å². The molecule has 0 saturated heterocycles. The SMILES string of the molecule is CN(C)C(=O)CC(N)c1csc2ccccc12. The molecule has 1 aromatic carbocycles. The number of nitrogens with zero attached hydrogens (tertiary/aromatic N) is 1. The predicted molar refractivity (Wildman–Crippen MR) is 72.1 cm³/mol. The number of thiophene rings is 1. The first-order valence-corrected chi connectivity index (χ1v) is 6.39. The second kappa shape index (κ2) is 4.85. The second-order valence-electron chi connectivity index (χ2n) is 4.29. The van der Waals surface area contributed by atoms with Crippen LogP contribution in [0.15, 0.2) is 29.6 Å². The first-order chi connectivity index (χ1) is 8.09. The highest BCUT2D eigenvalue weighted by Crippen LogP contribution is 2.30. The Morgan fingerprint density at radius 2 is 2.12 bits per heavy atom. The van der Waals surface area contributed by atoms with Gasteiger partial charge >= 0.3 is 0 Å². The zero-order valence-corrected chi connectivity index (χ0v) is 10.8. The largest absolute Gasteiger partial charge is 0.349 e. The summed E-state index contributed by atoms with van der Waals surface area (Å²) in [6.07, 6.45) is 0.355. The number of benzene rings is 1. The molecule has 2 aromatic rings. The summed E-state index contributed by atoms with van der Waals surface area (Å²) < 4.78 is 1.22. The molecule has 4 heteroatoms. The van der Waals surface area contributed by atoms with Crippen LogP contribution < -0.4 is 5.73 Å². The summed E-state index contributed by atoms with van der Waals surface area (Å²) in [6, 6.07) is 7.92.